The zero-order chi connectivity index (χ0) is 13.0. The highest BCUT2D eigenvalue weighted by atomic mass is 16.5. The average Bonchev–Trinajstić information content (AvgIpc) is 2.90. The van der Waals surface area contributed by atoms with Gasteiger partial charge >= 0.3 is 5.97 Å². The van der Waals surface area contributed by atoms with E-state index >= 15 is 0 Å². The molecule has 2 bridgehead atoms. The highest BCUT2D eigenvalue weighted by Crippen LogP contribution is 2.53. The van der Waals surface area contributed by atoms with Gasteiger partial charge in [-0.2, -0.15) is 0 Å². The van der Waals surface area contributed by atoms with Gasteiger partial charge in [-0.1, -0.05) is 18.2 Å². The van der Waals surface area contributed by atoms with E-state index in [9.17, 15) is 9.59 Å². The molecule has 1 amide bonds. The lowest BCUT2D eigenvalue weighted by molar-refractivity contribution is -0.137. The van der Waals surface area contributed by atoms with E-state index in [1.807, 2.05) is 18.2 Å². The van der Waals surface area contributed by atoms with Gasteiger partial charge in [0, 0.05) is 17.9 Å². The Kier molecular flexibility index (Phi) is 2.22. The van der Waals surface area contributed by atoms with Crippen LogP contribution in [0, 0.1) is 17.8 Å². The summed E-state index contributed by atoms with van der Waals surface area (Å²) in [4.78, 5) is 23.7. The Labute approximate surface area is 111 Å². The summed E-state index contributed by atoms with van der Waals surface area (Å²) in [5.74, 6) is 0.512. The second-order valence-electron chi connectivity index (χ2n) is 5.70. The molecule has 3 fully saturated rings. The third-order valence-electron chi connectivity index (χ3n) is 4.85. The van der Waals surface area contributed by atoms with Gasteiger partial charge < -0.3 is 10.1 Å². The van der Waals surface area contributed by atoms with Crippen LogP contribution in [0.3, 0.4) is 0 Å². The first-order chi connectivity index (χ1) is 9.25. The van der Waals surface area contributed by atoms with Crippen molar-refractivity contribution in [3.8, 4) is 0 Å². The van der Waals surface area contributed by atoms with Crippen LogP contribution in [0.5, 0.6) is 0 Å². The van der Waals surface area contributed by atoms with Gasteiger partial charge in [0.1, 0.15) is 6.10 Å². The standard InChI is InChI=1S/C15H15NO3/c17-14-11-9-6-7-10(12(11)16-14)13(9)19-15(18)8-4-2-1-3-5-8/h1-5,9-13H,6-7H2,(H,16,17)/t9-,10-,11-,12-,13-/m0/s1. The van der Waals surface area contributed by atoms with E-state index in [0.717, 1.165) is 12.8 Å². The summed E-state index contributed by atoms with van der Waals surface area (Å²) in [6, 6.07) is 9.30. The van der Waals surface area contributed by atoms with Crippen molar-refractivity contribution < 1.29 is 14.3 Å². The van der Waals surface area contributed by atoms with Crippen LogP contribution >= 0.6 is 0 Å². The monoisotopic (exact) mass is 257 g/mol. The molecule has 0 spiro atoms. The first-order valence-corrected chi connectivity index (χ1v) is 6.82. The fourth-order valence-corrected chi connectivity index (χ4v) is 3.99. The fraction of sp³-hybridized carbons (Fsp3) is 0.467. The average molecular weight is 257 g/mol. The molecular weight excluding hydrogens is 242 g/mol. The molecule has 1 N–H and O–H groups in total. The lowest BCUT2D eigenvalue weighted by atomic mass is 9.78. The molecule has 0 unspecified atom stereocenters. The number of amides is 1. The fourth-order valence-electron chi connectivity index (χ4n) is 3.99. The second-order valence-corrected chi connectivity index (χ2v) is 5.70. The molecule has 4 nitrogen and oxygen atoms in total. The number of rotatable bonds is 2. The number of carbonyl (C=O) groups is 2. The molecule has 98 valence electrons. The van der Waals surface area contributed by atoms with Gasteiger partial charge in [-0.25, -0.2) is 4.79 Å². The van der Waals surface area contributed by atoms with Crippen LogP contribution in [-0.4, -0.2) is 24.0 Å². The zero-order valence-corrected chi connectivity index (χ0v) is 10.4. The number of ether oxygens (including phenoxy) is 1. The van der Waals surface area contributed by atoms with E-state index in [4.69, 9.17) is 4.74 Å². The van der Waals surface area contributed by atoms with Gasteiger partial charge in [-0.15, -0.1) is 0 Å². The van der Waals surface area contributed by atoms with Gasteiger partial charge in [-0.05, 0) is 25.0 Å². The summed E-state index contributed by atoms with van der Waals surface area (Å²) >= 11 is 0. The van der Waals surface area contributed by atoms with Crippen LogP contribution < -0.4 is 5.32 Å². The largest absolute Gasteiger partial charge is 0.458 e. The molecular formula is C15H15NO3. The molecule has 5 atom stereocenters. The van der Waals surface area contributed by atoms with E-state index in [2.05, 4.69) is 5.32 Å². The van der Waals surface area contributed by atoms with Crippen molar-refractivity contribution in [3.63, 3.8) is 0 Å². The van der Waals surface area contributed by atoms with Crippen molar-refractivity contribution in [3.05, 3.63) is 35.9 Å². The summed E-state index contributed by atoms with van der Waals surface area (Å²) in [6.45, 7) is 0. The van der Waals surface area contributed by atoms with Gasteiger partial charge in [0.05, 0.1) is 11.5 Å². The third-order valence-corrected chi connectivity index (χ3v) is 4.85. The summed E-state index contributed by atoms with van der Waals surface area (Å²) in [5, 5.41) is 2.95. The minimum Gasteiger partial charge on any atom is -0.458 e. The van der Waals surface area contributed by atoms with Crippen LogP contribution in [0.25, 0.3) is 0 Å². The maximum absolute atomic E-state index is 12.1. The summed E-state index contributed by atoms with van der Waals surface area (Å²) in [7, 11) is 0. The van der Waals surface area contributed by atoms with Crippen molar-refractivity contribution >= 4 is 11.9 Å². The molecule has 1 aromatic rings. The molecule has 4 heteroatoms. The van der Waals surface area contributed by atoms with Gasteiger partial charge in [0.2, 0.25) is 5.91 Å². The number of hydrogen-bond acceptors (Lipinski definition) is 3. The number of hydrogen-bond donors (Lipinski definition) is 1. The summed E-state index contributed by atoms with van der Waals surface area (Å²) < 4.78 is 5.68. The van der Waals surface area contributed by atoms with Gasteiger partial charge in [0.15, 0.2) is 0 Å². The quantitative estimate of drug-likeness (QED) is 0.643. The number of nitrogens with one attached hydrogen (secondary N) is 1. The van der Waals surface area contributed by atoms with Crippen molar-refractivity contribution in [1.29, 1.82) is 0 Å². The highest BCUT2D eigenvalue weighted by molar-refractivity contribution is 5.90. The molecule has 1 aliphatic heterocycles. The molecule has 4 rings (SSSR count). The second kappa shape index (κ2) is 3.83. The van der Waals surface area contributed by atoms with Crippen molar-refractivity contribution in [2.45, 2.75) is 25.0 Å². The van der Waals surface area contributed by atoms with Crippen LogP contribution in [-0.2, 0) is 9.53 Å². The Morgan fingerprint density at radius 3 is 2.58 bits per heavy atom. The number of benzene rings is 1. The zero-order valence-electron chi connectivity index (χ0n) is 10.4. The molecule has 1 heterocycles. The molecule has 0 aromatic heterocycles. The number of β-lactam (4-membered cyclic amide) rings is 1. The van der Waals surface area contributed by atoms with Crippen LogP contribution in [0.15, 0.2) is 30.3 Å². The smallest absolute Gasteiger partial charge is 0.338 e. The molecule has 19 heavy (non-hydrogen) atoms. The summed E-state index contributed by atoms with van der Waals surface area (Å²) in [5.41, 5.74) is 0.584. The van der Waals surface area contributed by atoms with Crippen molar-refractivity contribution in [1.82, 2.24) is 5.32 Å². The number of fused-ring (bicyclic) bond motifs is 5. The van der Waals surface area contributed by atoms with E-state index in [0.29, 0.717) is 11.5 Å². The Bertz CT molecular complexity index is 542. The van der Waals surface area contributed by atoms with Gasteiger partial charge in [-0.3, -0.25) is 4.79 Å². The molecule has 1 saturated heterocycles. The van der Waals surface area contributed by atoms with Crippen LogP contribution in [0.1, 0.15) is 23.2 Å². The summed E-state index contributed by atoms with van der Waals surface area (Å²) in [6.07, 6.45) is 1.98. The van der Waals surface area contributed by atoms with E-state index in [-0.39, 0.29) is 35.9 Å². The lowest BCUT2D eigenvalue weighted by Gasteiger charge is -2.38. The molecule has 3 aliphatic rings. The molecule has 0 radical (unpaired) electrons. The normalized spacial score (nSPS) is 38.3. The predicted octanol–water partition coefficient (Wildman–Crippen LogP) is 1.37. The number of carbonyl (C=O) groups excluding carboxylic acids is 2. The van der Waals surface area contributed by atoms with Crippen molar-refractivity contribution in [2.75, 3.05) is 0 Å². The minimum absolute atomic E-state index is 0.0818. The van der Waals surface area contributed by atoms with Crippen LogP contribution in [0.4, 0.5) is 0 Å². The first kappa shape index (κ1) is 11.0. The highest BCUT2D eigenvalue weighted by Gasteiger charge is 2.64. The Morgan fingerprint density at radius 2 is 1.89 bits per heavy atom. The Morgan fingerprint density at radius 1 is 1.16 bits per heavy atom. The first-order valence-electron chi connectivity index (χ1n) is 6.82. The topological polar surface area (TPSA) is 55.4 Å². The van der Waals surface area contributed by atoms with E-state index in [1.54, 1.807) is 12.1 Å². The predicted molar refractivity (Wildman–Crippen MR) is 67.3 cm³/mol. The van der Waals surface area contributed by atoms with E-state index < -0.39 is 0 Å². The lowest BCUT2D eigenvalue weighted by Crippen LogP contribution is -2.60. The third kappa shape index (κ3) is 1.46. The molecule has 1 aromatic carbocycles. The van der Waals surface area contributed by atoms with E-state index in [1.165, 1.54) is 0 Å². The molecule has 2 aliphatic carbocycles. The number of esters is 1. The maximum Gasteiger partial charge on any atom is 0.338 e. The SMILES string of the molecule is O=C(O[C@H]1[C@H]2CC[C@H]1[C@@H]1NC(=O)[C@@H]21)c1ccccc1. The molecule has 2 saturated carbocycles. The van der Waals surface area contributed by atoms with Gasteiger partial charge in [0.25, 0.3) is 0 Å². The minimum atomic E-state index is -0.267. The Hall–Kier alpha value is -1.84. The maximum atomic E-state index is 12.1. The Balaban J connectivity index is 1.53. The van der Waals surface area contributed by atoms with Crippen LogP contribution in [0.2, 0.25) is 0 Å². The van der Waals surface area contributed by atoms with Crippen molar-refractivity contribution in [2.24, 2.45) is 17.8 Å².